The van der Waals surface area contributed by atoms with Gasteiger partial charge >= 0.3 is 0 Å². The number of nitrogens with one attached hydrogen (secondary N) is 3. The fourth-order valence-corrected chi connectivity index (χ4v) is 5.83. The summed E-state index contributed by atoms with van der Waals surface area (Å²) in [5, 5.41) is 9.70. The van der Waals surface area contributed by atoms with E-state index < -0.39 is 0 Å². The van der Waals surface area contributed by atoms with Crippen molar-refractivity contribution >= 4 is 17.5 Å². The summed E-state index contributed by atoms with van der Waals surface area (Å²) >= 11 is 0. The average Bonchev–Trinajstić information content (AvgIpc) is 3.04. The number of hydrogen-bond donors (Lipinski definition) is 3. The maximum absolute atomic E-state index is 13.1. The lowest BCUT2D eigenvalue weighted by Crippen LogP contribution is -2.45. The number of anilines is 1. The lowest BCUT2D eigenvalue weighted by Gasteiger charge is -2.19. The van der Waals surface area contributed by atoms with Crippen molar-refractivity contribution in [2.75, 3.05) is 38.6 Å². The molecule has 3 N–H and O–H groups in total. The highest BCUT2D eigenvalue weighted by Gasteiger charge is 2.19. The zero-order valence-electron chi connectivity index (χ0n) is 30.0. The largest absolute Gasteiger partial charge is 0.378 e. The van der Waals surface area contributed by atoms with E-state index in [1.54, 1.807) is 0 Å². The quantitative estimate of drug-likeness (QED) is 0.0717. The minimum Gasteiger partial charge on any atom is -0.378 e. The summed E-state index contributed by atoms with van der Waals surface area (Å²) in [6.07, 6.45) is 27.5. The summed E-state index contributed by atoms with van der Waals surface area (Å²) in [6, 6.07) is 8.21. The van der Waals surface area contributed by atoms with Gasteiger partial charge < -0.3 is 20.9 Å². The topological polar surface area (TPSA) is 73.5 Å². The van der Waals surface area contributed by atoms with E-state index in [2.05, 4.69) is 59.0 Å². The third-order valence-corrected chi connectivity index (χ3v) is 8.92. The Morgan fingerprint density at radius 1 is 0.600 bits per heavy atom. The van der Waals surface area contributed by atoms with E-state index in [9.17, 15) is 9.59 Å². The fourth-order valence-electron chi connectivity index (χ4n) is 5.83. The van der Waals surface area contributed by atoms with Crippen molar-refractivity contribution in [3.05, 3.63) is 29.8 Å². The van der Waals surface area contributed by atoms with E-state index in [1.165, 1.54) is 120 Å². The van der Waals surface area contributed by atoms with Crippen LogP contribution in [0.25, 0.3) is 0 Å². The highest BCUT2D eigenvalue weighted by atomic mass is 16.2. The molecule has 0 bridgehead atoms. The van der Waals surface area contributed by atoms with Gasteiger partial charge in [0, 0.05) is 39.3 Å². The molecule has 1 atom stereocenters. The van der Waals surface area contributed by atoms with E-state index in [0.29, 0.717) is 25.9 Å². The molecule has 0 heterocycles. The molecule has 0 fully saturated rings. The van der Waals surface area contributed by atoms with E-state index in [-0.39, 0.29) is 17.9 Å². The molecule has 0 aliphatic rings. The summed E-state index contributed by atoms with van der Waals surface area (Å²) in [5.41, 5.74) is 2.42. The van der Waals surface area contributed by atoms with Crippen LogP contribution in [0.1, 0.15) is 161 Å². The molecule has 2 amide bonds. The summed E-state index contributed by atoms with van der Waals surface area (Å²) in [7, 11) is 4.09. The van der Waals surface area contributed by atoms with Gasteiger partial charge in [-0.2, -0.15) is 0 Å². The van der Waals surface area contributed by atoms with Crippen LogP contribution in [0.5, 0.6) is 0 Å². The zero-order valence-corrected chi connectivity index (χ0v) is 30.0. The van der Waals surface area contributed by atoms with E-state index >= 15 is 0 Å². The lowest BCUT2D eigenvalue weighted by atomic mass is 10.1. The normalized spacial score (nSPS) is 11.8. The third-order valence-electron chi connectivity index (χ3n) is 8.92. The minimum absolute atomic E-state index is 0.0244. The summed E-state index contributed by atoms with van der Waals surface area (Å²) < 4.78 is 0. The molecule has 0 unspecified atom stereocenters. The molecule has 0 aromatic heterocycles. The predicted molar refractivity (Wildman–Crippen MR) is 195 cm³/mol. The molecule has 45 heavy (non-hydrogen) atoms. The van der Waals surface area contributed by atoms with Gasteiger partial charge in [0.05, 0.1) is 6.04 Å². The van der Waals surface area contributed by atoms with Crippen LogP contribution in [0.15, 0.2) is 24.3 Å². The van der Waals surface area contributed by atoms with Gasteiger partial charge in [0.2, 0.25) is 11.8 Å². The third kappa shape index (κ3) is 23.9. The van der Waals surface area contributed by atoms with Gasteiger partial charge in [-0.25, -0.2) is 0 Å². The van der Waals surface area contributed by atoms with Crippen LogP contribution >= 0.6 is 0 Å². The SMILES string of the molecule is CCCCCCCCCCCCNC(=O)CC[C@H](NCCc1ccc(N(C)C)cc1)C(=O)NCCCCCCCCCCCC. The van der Waals surface area contributed by atoms with Crippen molar-refractivity contribution in [1.29, 1.82) is 0 Å². The van der Waals surface area contributed by atoms with Crippen molar-refractivity contribution in [3.63, 3.8) is 0 Å². The van der Waals surface area contributed by atoms with Crippen molar-refractivity contribution in [1.82, 2.24) is 16.0 Å². The lowest BCUT2D eigenvalue weighted by molar-refractivity contribution is -0.124. The molecule has 0 saturated carbocycles. The number of benzene rings is 1. The maximum atomic E-state index is 13.1. The van der Waals surface area contributed by atoms with E-state index in [0.717, 1.165) is 32.2 Å². The molecule has 6 heteroatoms. The number of amides is 2. The van der Waals surface area contributed by atoms with Crippen molar-refractivity contribution in [2.45, 2.75) is 168 Å². The number of nitrogens with zero attached hydrogens (tertiary/aromatic N) is 1. The van der Waals surface area contributed by atoms with Crippen LogP contribution in [0.4, 0.5) is 5.69 Å². The van der Waals surface area contributed by atoms with Gasteiger partial charge in [-0.15, -0.1) is 0 Å². The van der Waals surface area contributed by atoms with Crippen molar-refractivity contribution in [2.24, 2.45) is 0 Å². The Balaban J connectivity index is 2.34. The second kappa shape index (κ2) is 29.3. The van der Waals surface area contributed by atoms with Gasteiger partial charge in [-0.05, 0) is 49.9 Å². The molecular weight excluding hydrogens is 556 g/mol. The summed E-state index contributed by atoms with van der Waals surface area (Å²) in [5.74, 6) is 0.0795. The van der Waals surface area contributed by atoms with E-state index in [4.69, 9.17) is 0 Å². The number of rotatable bonds is 31. The Hall–Kier alpha value is -2.08. The van der Waals surface area contributed by atoms with E-state index in [1.807, 2.05) is 14.1 Å². The molecule has 0 radical (unpaired) electrons. The molecule has 6 nitrogen and oxygen atoms in total. The van der Waals surface area contributed by atoms with Gasteiger partial charge in [-0.1, -0.05) is 142 Å². The first-order valence-corrected chi connectivity index (χ1v) is 19.0. The minimum atomic E-state index is -0.350. The van der Waals surface area contributed by atoms with Crippen LogP contribution < -0.4 is 20.9 Å². The van der Waals surface area contributed by atoms with Gasteiger partial charge in [0.1, 0.15) is 0 Å². The molecule has 1 rings (SSSR count). The van der Waals surface area contributed by atoms with Crippen molar-refractivity contribution in [3.8, 4) is 0 Å². The number of unbranched alkanes of at least 4 members (excludes halogenated alkanes) is 18. The Bertz CT molecular complexity index is 827. The second-order valence-corrected chi connectivity index (χ2v) is 13.4. The summed E-state index contributed by atoms with van der Waals surface area (Å²) in [4.78, 5) is 27.8. The smallest absolute Gasteiger partial charge is 0.237 e. The molecule has 0 aliphatic heterocycles. The fraction of sp³-hybridized carbons (Fsp3) is 0.795. The predicted octanol–water partition coefficient (Wildman–Crippen LogP) is 9.11. The monoisotopic (exact) mass is 629 g/mol. The molecule has 260 valence electrons. The average molecular weight is 629 g/mol. The number of carbonyl (C=O) groups excluding carboxylic acids is 2. The Morgan fingerprint density at radius 2 is 1.04 bits per heavy atom. The molecule has 1 aromatic rings. The standard InChI is InChI=1S/C39H72N4O2/c1-5-7-9-11-13-15-17-19-21-23-32-41-38(44)30-29-37(40-34-31-35-25-27-36(28-26-35)43(3)4)39(45)42-33-24-22-20-18-16-14-12-10-8-6-2/h25-28,37,40H,5-24,29-34H2,1-4H3,(H,41,44)(H,42,45)/t37-/m0/s1. The summed E-state index contributed by atoms with van der Waals surface area (Å²) in [6.45, 7) is 6.68. The van der Waals surface area contributed by atoms with Gasteiger partial charge in [-0.3, -0.25) is 9.59 Å². The van der Waals surface area contributed by atoms with Crippen LogP contribution in [0.3, 0.4) is 0 Å². The van der Waals surface area contributed by atoms with Gasteiger partial charge in [0.25, 0.3) is 0 Å². The van der Waals surface area contributed by atoms with Crippen molar-refractivity contribution < 1.29 is 9.59 Å². The van der Waals surface area contributed by atoms with Crippen LogP contribution in [-0.4, -0.2) is 51.6 Å². The molecule has 0 spiro atoms. The molecule has 0 aliphatic carbocycles. The first-order chi connectivity index (χ1) is 22.0. The molecular formula is C39H72N4O2. The Kier molecular flexibility index (Phi) is 26.7. The van der Waals surface area contributed by atoms with Crippen LogP contribution in [0, 0.1) is 0 Å². The Labute approximate surface area is 278 Å². The molecule has 1 aromatic carbocycles. The number of hydrogen-bond acceptors (Lipinski definition) is 4. The Morgan fingerprint density at radius 3 is 1.51 bits per heavy atom. The molecule has 0 saturated heterocycles. The first kappa shape index (κ1) is 40.9. The first-order valence-electron chi connectivity index (χ1n) is 19.0. The highest BCUT2D eigenvalue weighted by Crippen LogP contribution is 2.13. The van der Waals surface area contributed by atoms with Crippen LogP contribution in [0.2, 0.25) is 0 Å². The zero-order chi connectivity index (χ0) is 32.8. The highest BCUT2D eigenvalue weighted by molar-refractivity contribution is 5.83. The number of carbonyl (C=O) groups is 2. The van der Waals surface area contributed by atoms with Gasteiger partial charge in [0.15, 0.2) is 0 Å². The maximum Gasteiger partial charge on any atom is 0.237 e. The second-order valence-electron chi connectivity index (χ2n) is 13.4. The van der Waals surface area contributed by atoms with Crippen LogP contribution in [-0.2, 0) is 16.0 Å².